The Kier molecular flexibility index (Phi) is 3.41. The molecule has 16 heavy (non-hydrogen) atoms. The van der Waals surface area contributed by atoms with E-state index in [1.54, 1.807) is 6.07 Å². The monoisotopic (exact) mass is 238 g/mol. The molecule has 2 atom stereocenters. The molecule has 3 heteroatoms. The molecule has 1 aromatic rings. The van der Waals surface area contributed by atoms with Crippen molar-refractivity contribution in [2.75, 3.05) is 19.3 Å². The Morgan fingerprint density at radius 1 is 1.44 bits per heavy atom. The van der Waals surface area contributed by atoms with Gasteiger partial charge in [-0.3, -0.25) is 0 Å². The molecule has 0 aromatic heterocycles. The number of rotatable bonds is 4. The fourth-order valence-electron chi connectivity index (χ4n) is 2.20. The van der Waals surface area contributed by atoms with Crippen molar-refractivity contribution in [3.63, 3.8) is 0 Å². The Morgan fingerprint density at radius 3 is 2.69 bits per heavy atom. The summed E-state index contributed by atoms with van der Waals surface area (Å²) < 4.78 is 0. The quantitative estimate of drug-likeness (QED) is 0.818. The smallest absolute Gasteiger partial charge is 0.0429 e. The molecular formula is C13H19ClN2. The number of hydrogen-bond acceptors (Lipinski definition) is 2. The Balaban J connectivity index is 1.92. The Hall–Kier alpha value is -0.730. The third kappa shape index (κ3) is 3.13. The topological polar surface area (TPSA) is 29.3 Å². The van der Waals surface area contributed by atoms with Gasteiger partial charge in [0.25, 0.3) is 0 Å². The zero-order chi connectivity index (χ0) is 11.7. The van der Waals surface area contributed by atoms with E-state index in [1.807, 2.05) is 12.1 Å². The highest BCUT2D eigenvalue weighted by Gasteiger charge is 2.32. The van der Waals surface area contributed by atoms with Crippen LogP contribution in [0.2, 0.25) is 5.02 Å². The molecule has 1 aliphatic rings. The summed E-state index contributed by atoms with van der Waals surface area (Å²) in [5.74, 6) is 1.80. The van der Waals surface area contributed by atoms with Crippen molar-refractivity contribution in [1.82, 2.24) is 4.90 Å². The van der Waals surface area contributed by atoms with Crippen LogP contribution in [0.3, 0.4) is 0 Å². The molecule has 2 N–H and O–H groups in total. The summed E-state index contributed by atoms with van der Waals surface area (Å²) >= 11 is 5.98. The number of nitrogens with two attached hydrogens (primary N) is 1. The lowest BCUT2D eigenvalue weighted by Crippen LogP contribution is -2.20. The second-order valence-corrected chi connectivity index (χ2v) is 5.50. The first-order valence-corrected chi connectivity index (χ1v) is 6.16. The van der Waals surface area contributed by atoms with Crippen LogP contribution in [-0.4, -0.2) is 18.5 Å². The number of nitrogens with zero attached hydrogens (tertiary/aromatic N) is 1. The van der Waals surface area contributed by atoms with Crippen molar-refractivity contribution in [1.29, 1.82) is 0 Å². The molecule has 1 aromatic carbocycles. The molecule has 0 radical (unpaired) electrons. The van der Waals surface area contributed by atoms with Crippen LogP contribution in [0.4, 0.5) is 5.69 Å². The lowest BCUT2D eigenvalue weighted by atomic mass is 10.2. The summed E-state index contributed by atoms with van der Waals surface area (Å²) in [5.41, 5.74) is 7.71. The SMILES string of the molecule is CC1CC1CN(C)Cc1cc(N)cc(Cl)c1. The summed E-state index contributed by atoms with van der Waals surface area (Å²) in [6.07, 6.45) is 1.38. The average Bonchev–Trinajstić information content (AvgIpc) is 2.78. The standard InChI is InChI=1S/C13H19ClN2/c1-9-3-11(9)8-16(2)7-10-4-12(14)6-13(15)5-10/h4-6,9,11H,3,7-8,15H2,1-2H3. The number of anilines is 1. The molecule has 2 nitrogen and oxygen atoms in total. The van der Waals surface area contributed by atoms with Gasteiger partial charge in [0.05, 0.1) is 0 Å². The van der Waals surface area contributed by atoms with Gasteiger partial charge in [-0.2, -0.15) is 0 Å². The van der Waals surface area contributed by atoms with Crippen molar-refractivity contribution < 1.29 is 0 Å². The molecule has 0 saturated heterocycles. The van der Waals surface area contributed by atoms with E-state index in [2.05, 4.69) is 18.9 Å². The van der Waals surface area contributed by atoms with E-state index in [0.29, 0.717) is 0 Å². The van der Waals surface area contributed by atoms with Crippen LogP contribution in [0.1, 0.15) is 18.9 Å². The van der Waals surface area contributed by atoms with Gasteiger partial charge in [-0.05, 0) is 49.1 Å². The van der Waals surface area contributed by atoms with Crippen LogP contribution in [0.25, 0.3) is 0 Å². The van der Waals surface area contributed by atoms with E-state index in [-0.39, 0.29) is 0 Å². The second kappa shape index (κ2) is 4.64. The van der Waals surface area contributed by atoms with Gasteiger partial charge in [0.2, 0.25) is 0 Å². The fourth-order valence-corrected chi connectivity index (χ4v) is 2.46. The summed E-state index contributed by atoms with van der Waals surface area (Å²) in [6, 6.07) is 5.78. The number of hydrogen-bond donors (Lipinski definition) is 1. The van der Waals surface area contributed by atoms with Crippen LogP contribution < -0.4 is 5.73 Å². The van der Waals surface area contributed by atoms with Crippen LogP contribution in [-0.2, 0) is 6.54 Å². The van der Waals surface area contributed by atoms with Gasteiger partial charge in [-0.15, -0.1) is 0 Å². The van der Waals surface area contributed by atoms with Crippen molar-refractivity contribution >= 4 is 17.3 Å². The van der Waals surface area contributed by atoms with E-state index in [4.69, 9.17) is 17.3 Å². The van der Waals surface area contributed by atoms with Crippen molar-refractivity contribution in [2.45, 2.75) is 19.9 Å². The van der Waals surface area contributed by atoms with Gasteiger partial charge >= 0.3 is 0 Å². The first kappa shape index (κ1) is 11.7. The third-order valence-corrected chi connectivity index (χ3v) is 3.47. The lowest BCUT2D eigenvalue weighted by Gasteiger charge is -2.17. The van der Waals surface area contributed by atoms with Gasteiger partial charge in [0.15, 0.2) is 0 Å². The number of halogens is 1. The van der Waals surface area contributed by atoms with Crippen LogP contribution in [0.5, 0.6) is 0 Å². The minimum atomic E-state index is 0.725. The maximum absolute atomic E-state index is 5.98. The van der Waals surface area contributed by atoms with Gasteiger partial charge in [0.1, 0.15) is 0 Å². The van der Waals surface area contributed by atoms with Crippen molar-refractivity contribution in [3.8, 4) is 0 Å². The summed E-state index contributed by atoms with van der Waals surface area (Å²) in [6.45, 7) is 4.41. The molecular weight excluding hydrogens is 220 g/mol. The maximum atomic E-state index is 5.98. The molecule has 88 valence electrons. The summed E-state index contributed by atoms with van der Waals surface area (Å²) in [7, 11) is 2.15. The minimum absolute atomic E-state index is 0.725. The second-order valence-electron chi connectivity index (χ2n) is 5.06. The normalized spacial score (nSPS) is 23.8. The Bertz CT molecular complexity index is 358. The van der Waals surface area contributed by atoms with E-state index in [9.17, 15) is 0 Å². The van der Waals surface area contributed by atoms with Gasteiger partial charge in [-0.1, -0.05) is 18.5 Å². The van der Waals surface area contributed by atoms with Crippen LogP contribution in [0, 0.1) is 11.8 Å². The molecule has 0 aliphatic heterocycles. The van der Waals surface area contributed by atoms with Gasteiger partial charge < -0.3 is 10.6 Å². The van der Waals surface area contributed by atoms with E-state index >= 15 is 0 Å². The highest BCUT2D eigenvalue weighted by atomic mass is 35.5. The fraction of sp³-hybridized carbons (Fsp3) is 0.538. The predicted octanol–water partition coefficient (Wildman–Crippen LogP) is 3.01. The molecule has 1 saturated carbocycles. The first-order chi connectivity index (χ1) is 7.54. The maximum Gasteiger partial charge on any atom is 0.0429 e. The molecule has 0 amide bonds. The highest BCUT2D eigenvalue weighted by molar-refractivity contribution is 6.30. The highest BCUT2D eigenvalue weighted by Crippen LogP contribution is 2.38. The minimum Gasteiger partial charge on any atom is -0.399 e. The van der Waals surface area contributed by atoms with Gasteiger partial charge in [-0.25, -0.2) is 0 Å². The molecule has 1 fully saturated rings. The van der Waals surface area contributed by atoms with Crippen molar-refractivity contribution in [3.05, 3.63) is 28.8 Å². The first-order valence-electron chi connectivity index (χ1n) is 5.78. The van der Waals surface area contributed by atoms with E-state index in [1.165, 1.54) is 18.5 Å². The van der Waals surface area contributed by atoms with E-state index < -0.39 is 0 Å². The molecule has 1 aliphatic carbocycles. The average molecular weight is 239 g/mol. The number of nitrogen functional groups attached to an aromatic ring is 1. The lowest BCUT2D eigenvalue weighted by molar-refractivity contribution is 0.307. The Labute approximate surface area is 102 Å². The zero-order valence-corrected chi connectivity index (χ0v) is 10.7. The third-order valence-electron chi connectivity index (χ3n) is 3.25. The largest absolute Gasteiger partial charge is 0.399 e. The summed E-state index contributed by atoms with van der Waals surface area (Å²) in [5, 5.41) is 0.725. The van der Waals surface area contributed by atoms with Crippen LogP contribution in [0.15, 0.2) is 18.2 Å². The Morgan fingerprint density at radius 2 is 2.12 bits per heavy atom. The predicted molar refractivity (Wildman–Crippen MR) is 69.5 cm³/mol. The molecule has 0 spiro atoms. The van der Waals surface area contributed by atoms with Gasteiger partial charge in [0, 0.05) is 23.8 Å². The molecule has 0 bridgehead atoms. The number of benzene rings is 1. The molecule has 0 heterocycles. The molecule has 2 rings (SSSR count). The van der Waals surface area contributed by atoms with Crippen molar-refractivity contribution in [2.24, 2.45) is 11.8 Å². The zero-order valence-electron chi connectivity index (χ0n) is 9.91. The summed E-state index contributed by atoms with van der Waals surface area (Å²) in [4.78, 5) is 2.35. The van der Waals surface area contributed by atoms with E-state index in [0.717, 1.165) is 29.1 Å². The molecule has 2 unspecified atom stereocenters. The van der Waals surface area contributed by atoms with Crippen LogP contribution >= 0.6 is 11.6 Å².